The van der Waals surface area contributed by atoms with Gasteiger partial charge in [-0.3, -0.25) is 4.98 Å². The molecule has 9 aromatic rings. The summed E-state index contributed by atoms with van der Waals surface area (Å²) >= 11 is 1.71. The monoisotopic (exact) mass is 682 g/mol. The SMILES string of the molecule is c1ccc(C2(c3ccccc3)c3ccccc3-c3c(-c4nc(-c5ccc(-c6cccnc6)cc5)nc(-c5cc6ccccc6s5)n4)cccc32)cc1. The van der Waals surface area contributed by atoms with Crippen LogP contribution in [-0.4, -0.2) is 19.9 Å². The molecule has 0 aliphatic heterocycles. The highest BCUT2D eigenvalue weighted by Gasteiger charge is 2.47. The molecule has 0 spiro atoms. The average Bonchev–Trinajstić information content (AvgIpc) is 3.80. The van der Waals surface area contributed by atoms with Gasteiger partial charge in [0.1, 0.15) is 0 Å². The lowest BCUT2D eigenvalue weighted by molar-refractivity contribution is 0.768. The third-order valence-electron chi connectivity index (χ3n) is 10.1. The Balaban J connectivity index is 1.22. The van der Waals surface area contributed by atoms with Crippen LogP contribution in [0.3, 0.4) is 0 Å². The predicted octanol–water partition coefficient (Wildman–Crippen LogP) is 11.5. The zero-order chi connectivity index (χ0) is 34.5. The summed E-state index contributed by atoms with van der Waals surface area (Å²) in [5.41, 5.74) is 10.8. The molecule has 1 aliphatic rings. The minimum absolute atomic E-state index is 0.517. The molecule has 244 valence electrons. The molecule has 0 bridgehead atoms. The topological polar surface area (TPSA) is 51.6 Å². The Kier molecular flexibility index (Phi) is 7.18. The Morgan fingerprint density at radius 1 is 0.442 bits per heavy atom. The van der Waals surface area contributed by atoms with Crippen molar-refractivity contribution in [3.8, 4) is 55.7 Å². The Morgan fingerprint density at radius 3 is 1.83 bits per heavy atom. The third kappa shape index (κ3) is 4.82. The van der Waals surface area contributed by atoms with Gasteiger partial charge in [-0.15, -0.1) is 11.3 Å². The number of hydrogen-bond donors (Lipinski definition) is 0. The van der Waals surface area contributed by atoms with Crippen LogP contribution in [0.15, 0.2) is 182 Å². The van der Waals surface area contributed by atoms with E-state index < -0.39 is 5.41 Å². The summed E-state index contributed by atoms with van der Waals surface area (Å²) in [6.07, 6.45) is 3.68. The molecule has 52 heavy (non-hydrogen) atoms. The molecule has 1 aliphatic carbocycles. The first-order chi connectivity index (χ1) is 25.8. The van der Waals surface area contributed by atoms with Crippen LogP contribution in [0.25, 0.3) is 65.8 Å². The van der Waals surface area contributed by atoms with E-state index >= 15 is 0 Å². The van der Waals surface area contributed by atoms with Crippen LogP contribution < -0.4 is 0 Å². The second kappa shape index (κ2) is 12.3. The van der Waals surface area contributed by atoms with Crippen molar-refractivity contribution in [2.75, 3.05) is 0 Å². The fraction of sp³-hybridized carbons (Fsp3) is 0.0213. The van der Waals surface area contributed by atoms with Crippen molar-refractivity contribution in [1.29, 1.82) is 0 Å². The molecule has 0 radical (unpaired) electrons. The molecule has 5 heteroatoms. The van der Waals surface area contributed by atoms with E-state index in [0.717, 1.165) is 32.7 Å². The van der Waals surface area contributed by atoms with E-state index in [4.69, 9.17) is 15.0 Å². The molecule has 0 fully saturated rings. The zero-order valence-corrected chi connectivity index (χ0v) is 28.8. The van der Waals surface area contributed by atoms with Gasteiger partial charge < -0.3 is 0 Å². The standard InChI is InChI=1S/C47H30N4S/c1-3-15-35(16-4-1)47(36-17-5-2-6-18-36)39-21-9-8-19-37(39)43-38(20-11-22-40(43)47)45-49-44(32-26-24-31(25-27-32)34-14-12-28-48-30-34)50-46(51-45)42-29-33-13-7-10-23-41(33)52-42/h1-30H. The van der Waals surface area contributed by atoms with E-state index in [1.54, 1.807) is 17.5 Å². The summed E-state index contributed by atoms with van der Waals surface area (Å²) in [6, 6.07) is 60.2. The largest absolute Gasteiger partial charge is 0.264 e. The lowest BCUT2D eigenvalue weighted by Crippen LogP contribution is -2.28. The van der Waals surface area contributed by atoms with Crippen molar-refractivity contribution >= 4 is 21.4 Å². The molecule has 0 saturated carbocycles. The highest BCUT2D eigenvalue weighted by molar-refractivity contribution is 7.22. The fourth-order valence-corrected chi connectivity index (χ4v) is 8.85. The van der Waals surface area contributed by atoms with Crippen LogP contribution in [0.2, 0.25) is 0 Å². The van der Waals surface area contributed by atoms with E-state index in [0.29, 0.717) is 17.5 Å². The second-order valence-corrected chi connectivity index (χ2v) is 14.1. The second-order valence-electron chi connectivity index (χ2n) is 13.0. The van der Waals surface area contributed by atoms with Gasteiger partial charge >= 0.3 is 0 Å². The summed E-state index contributed by atoms with van der Waals surface area (Å²) in [6.45, 7) is 0. The molecule has 4 nitrogen and oxygen atoms in total. The predicted molar refractivity (Wildman–Crippen MR) is 212 cm³/mol. The number of nitrogens with zero attached hydrogens (tertiary/aromatic N) is 4. The third-order valence-corrected chi connectivity index (χ3v) is 11.3. The molecule has 0 N–H and O–H groups in total. The molecule has 3 heterocycles. The van der Waals surface area contributed by atoms with E-state index in [1.807, 2.05) is 12.3 Å². The number of thiophene rings is 1. The maximum atomic E-state index is 5.28. The molecule has 0 unspecified atom stereocenters. The van der Waals surface area contributed by atoms with Crippen LogP contribution in [0.4, 0.5) is 0 Å². The van der Waals surface area contributed by atoms with E-state index in [9.17, 15) is 0 Å². The molecule has 3 aromatic heterocycles. The van der Waals surface area contributed by atoms with Crippen LogP contribution in [0.1, 0.15) is 22.3 Å². The van der Waals surface area contributed by atoms with Crippen molar-refractivity contribution in [2.24, 2.45) is 0 Å². The molecule has 0 saturated heterocycles. The van der Waals surface area contributed by atoms with Crippen molar-refractivity contribution in [1.82, 2.24) is 19.9 Å². The zero-order valence-electron chi connectivity index (χ0n) is 28.0. The summed E-state index contributed by atoms with van der Waals surface area (Å²) in [7, 11) is 0. The maximum Gasteiger partial charge on any atom is 0.174 e. The van der Waals surface area contributed by atoms with Gasteiger partial charge in [-0.1, -0.05) is 152 Å². The Morgan fingerprint density at radius 2 is 1.08 bits per heavy atom. The Labute approximate surface area is 305 Å². The molecular weight excluding hydrogens is 653 g/mol. The van der Waals surface area contributed by atoms with Gasteiger partial charge in [-0.05, 0) is 68.1 Å². The van der Waals surface area contributed by atoms with E-state index in [-0.39, 0.29) is 0 Å². The van der Waals surface area contributed by atoms with E-state index in [1.165, 1.54) is 37.9 Å². The highest BCUT2D eigenvalue weighted by atomic mass is 32.1. The van der Waals surface area contributed by atoms with Crippen molar-refractivity contribution < 1.29 is 0 Å². The molecule has 10 rings (SSSR count). The van der Waals surface area contributed by atoms with Gasteiger partial charge in [0, 0.05) is 28.2 Å². The lowest BCUT2D eigenvalue weighted by Gasteiger charge is -2.33. The fourth-order valence-electron chi connectivity index (χ4n) is 7.85. The van der Waals surface area contributed by atoms with Gasteiger partial charge in [0.05, 0.1) is 10.3 Å². The maximum absolute atomic E-state index is 5.28. The van der Waals surface area contributed by atoms with Crippen molar-refractivity contribution in [3.05, 3.63) is 205 Å². The van der Waals surface area contributed by atoms with Crippen LogP contribution in [-0.2, 0) is 5.41 Å². The van der Waals surface area contributed by atoms with Crippen molar-refractivity contribution in [3.63, 3.8) is 0 Å². The minimum Gasteiger partial charge on any atom is -0.264 e. The van der Waals surface area contributed by atoms with Crippen LogP contribution in [0.5, 0.6) is 0 Å². The molecule has 0 amide bonds. The van der Waals surface area contributed by atoms with E-state index in [2.05, 4.69) is 169 Å². The first-order valence-electron chi connectivity index (χ1n) is 17.4. The summed E-state index contributed by atoms with van der Waals surface area (Å²) < 4.78 is 1.20. The molecule has 0 atom stereocenters. The van der Waals surface area contributed by atoms with Gasteiger partial charge in [0.25, 0.3) is 0 Å². The number of hydrogen-bond acceptors (Lipinski definition) is 5. The average molecular weight is 683 g/mol. The summed E-state index contributed by atoms with van der Waals surface area (Å²) in [5.74, 6) is 1.95. The first kappa shape index (κ1) is 30.3. The number of benzene rings is 6. The van der Waals surface area contributed by atoms with Gasteiger partial charge in [-0.25, -0.2) is 15.0 Å². The first-order valence-corrected chi connectivity index (χ1v) is 18.2. The number of aromatic nitrogens is 4. The van der Waals surface area contributed by atoms with Gasteiger partial charge in [0.15, 0.2) is 17.5 Å². The smallest absolute Gasteiger partial charge is 0.174 e. The number of rotatable bonds is 6. The quantitative estimate of drug-likeness (QED) is 0.175. The summed E-state index contributed by atoms with van der Waals surface area (Å²) in [5, 5.41) is 1.18. The van der Waals surface area contributed by atoms with Crippen LogP contribution >= 0.6 is 11.3 Å². The molecular formula is C47H30N4S. The molecule has 6 aromatic carbocycles. The van der Waals surface area contributed by atoms with Crippen molar-refractivity contribution in [2.45, 2.75) is 5.41 Å². The Hall–Kier alpha value is -6.56. The minimum atomic E-state index is -0.517. The lowest BCUT2D eigenvalue weighted by atomic mass is 9.67. The van der Waals surface area contributed by atoms with Crippen LogP contribution in [0, 0.1) is 0 Å². The number of pyridine rings is 1. The number of fused-ring (bicyclic) bond motifs is 4. The van der Waals surface area contributed by atoms with Gasteiger partial charge in [0.2, 0.25) is 0 Å². The summed E-state index contributed by atoms with van der Waals surface area (Å²) in [4.78, 5) is 21.0. The Bertz CT molecular complexity index is 2650. The normalized spacial score (nSPS) is 12.8. The highest BCUT2D eigenvalue weighted by Crippen LogP contribution is 2.58. The van der Waals surface area contributed by atoms with Gasteiger partial charge in [-0.2, -0.15) is 0 Å².